The van der Waals surface area contributed by atoms with E-state index in [-0.39, 0.29) is 11.8 Å². The van der Waals surface area contributed by atoms with Crippen molar-refractivity contribution in [3.05, 3.63) is 107 Å². The first-order valence-corrected chi connectivity index (χ1v) is 11.0. The Kier molecular flexibility index (Phi) is 6.86. The Bertz CT molecular complexity index is 1170. The van der Waals surface area contributed by atoms with E-state index in [4.69, 9.17) is 0 Å². The minimum absolute atomic E-state index is 0.146. The zero-order valence-electron chi connectivity index (χ0n) is 18.7. The summed E-state index contributed by atoms with van der Waals surface area (Å²) in [4.78, 5) is 26.2. The molecule has 0 atom stereocenters. The van der Waals surface area contributed by atoms with Gasteiger partial charge in [-0.25, -0.2) is 0 Å². The van der Waals surface area contributed by atoms with Crippen LogP contribution in [0.1, 0.15) is 39.5 Å². The van der Waals surface area contributed by atoms with E-state index in [1.54, 1.807) is 12.1 Å². The van der Waals surface area contributed by atoms with E-state index in [9.17, 15) is 9.59 Å². The normalized spacial score (nSPS) is 13.0. The standard InChI is InChI=1S/C27H28N4O2/c1-19(24-8-5-9-26(16-24)28-20(2)32)29-30-27(33)23-12-10-21(11-13-23)17-31-15-14-22-6-3-4-7-25(22)18-31/h3-13,16,29H,1,14-15,17-18H2,2H3,(H,28,32)(H,30,33). The highest BCUT2D eigenvalue weighted by Gasteiger charge is 2.16. The molecule has 0 saturated heterocycles. The van der Waals surface area contributed by atoms with Gasteiger partial charge in [0.2, 0.25) is 5.91 Å². The van der Waals surface area contributed by atoms with Crippen LogP contribution in [0.15, 0.2) is 79.4 Å². The summed E-state index contributed by atoms with van der Waals surface area (Å²) in [7, 11) is 0. The number of carbonyl (C=O) groups excluding carboxylic acids is 2. The minimum Gasteiger partial charge on any atom is -0.326 e. The second kappa shape index (κ2) is 10.1. The van der Waals surface area contributed by atoms with Crippen molar-refractivity contribution in [3.63, 3.8) is 0 Å². The van der Waals surface area contributed by atoms with Gasteiger partial charge in [-0.1, -0.05) is 55.1 Å². The molecule has 3 N–H and O–H groups in total. The van der Waals surface area contributed by atoms with Crippen molar-refractivity contribution >= 4 is 23.2 Å². The Hall–Kier alpha value is -3.90. The predicted molar refractivity (Wildman–Crippen MR) is 131 cm³/mol. The van der Waals surface area contributed by atoms with Gasteiger partial charge >= 0.3 is 0 Å². The second-order valence-electron chi connectivity index (χ2n) is 8.25. The Labute approximate surface area is 194 Å². The maximum atomic E-state index is 12.5. The number of nitrogens with one attached hydrogen (secondary N) is 3. The fourth-order valence-corrected chi connectivity index (χ4v) is 3.97. The molecule has 2 amide bonds. The van der Waals surface area contributed by atoms with Crippen LogP contribution >= 0.6 is 0 Å². The lowest BCUT2D eigenvalue weighted by atomic mass is 9.99. The Morgan fingerprint density at radius 1 is 0.909 bits per heavy atom. The van der Waals surface area contributed by atoms with Crippen LogP contribution in [0, 0.1) is 0 Å². The van der Waals surface area contributed by atoms with Crippen molar-refractivity contribution in [2.45, 2.75) is 26.4 Å². The van der Waals surface area contributed by atoms with Gasteiger partial charge in [0.25, 0.3) is 5.91 Å². The number of benzene rings is 3. The van der Waals surface area contributed by atoms with E-state index in [2.05, 4.69) is 51.9 Å². The van der Waals surface area contributed by atoms with Gasteiger partial charge in [-0.15, -0.1) is 0 Å². The fourth-order valence-electron chi connectivity index (χ4n) is 3.97. The number of amides is 2. The maximum absolute atomic E-state index is 12.5. The topological polar surface area (TPSA) is 73.5 Å². The van der Waals surface area contributed by atoms with Gasteiger partial charge in [0.1, 0.15) is 0 Å². The highest BCUT2D eigenvalue weighted by molar-refractivity contribution is 5.94. The third-order valence-electron chi connectivity index (χ3n) is 5.69. The first kappa shape index (κ1) is 22.3. The predicted octanol–water partition coefficient (Wildman–Crippen LogP) is 4.11. The van der Waals surface area contributed by atoms with E-state index >= 15 is 0 Å². The van der Waals surface area contributed by atoms with Crippen molar-refractivity contribution < 1.29 is 9.59 Å². The summed E-state index contributed by atoms with van der Waals surface area (Å²) >= 11 is 0. The van der Waals surface area contributed by atoms with E-state index in [0.717, 1.165) is 31.6 Å². The number of rotatable bonds is 7. The lowest BCUT2D eigenvalue weighted by Crippen LogP contribution is -2.35. The van der Waals surface area contributed by atoms with E-state index in [1.165, 1.54) is 23.6 Å². The molecule has 4 rings (SSSR count). The molecular formula is C27H28N4O2. The molecule has 0 aliphatic carbocycles. The van der Waals surface area contributed by atoms with Gasteiger partial charge in [-0.05, 0) is 47.4 Å². The van der Waals surface area contributed by atoms with Crippen LogP contribution in [0.5, 0.6) is 0 Å². The summed E-state index contributed by atoms with van der Waals surface area (Å²) in [5.74, 6) is -0.389. The SMILES string of the molecule is C=C(NNC(=O)c1ccc(CN2CCc3ccccc3C2)cc1)c1cccc(NC(C)=O)c1. The third-order valence-corrected chi connectivity index (χ3v) is 5.69. The average Bonchev–Trinajstić information content (AvgIpc) is 2.82. The van der Waals surface area contributed by atoms with Gasteiger partial charge < -0.3 is 5.32 Å². The smallest absolute Gasteiger partial charge is 0.269 e. The third kappa shape index (κ3) is 5.87. The molecule has 33 heavy (non-hydrogen) atoms. The van der Waals surface area contributed by atoms with Crippen molar-refractivity contribution in [1.29, 1.82) is 0 Å². The zero-order valence-corrected chi connectivity index (χ0v) is 18.7. The quantitative estimate of drug-likeness (QED) is 0.484. The molecule has 1 heterocycles. The fraction of sp³-hybridized carbons (Fsp3) is 0.185. The van der Waals surface area contributed by atoms with Gasteiger partial charge in [-0.2, -0.15) is 0 Å². The van der Waals surface area contributed by atoms with Crippen LogP contribution in [-0.2, 0) is 24.3 Å². The van der Waals surface area contributed by atoms with Crippen LogP contribution in [0.4, 0.5) is 5.69 Å². The summed E-state index contributed by atoms with van der Waals surface area (Å²) in [6.45, 7) is 8.26. The molecule has 0 fully saturated rings. The number of fused-ring (bicyclic) bond motifs is 1. The molecule has 6 nitrogen and oxygen atoms in total. The largest absolute Gasteiger partial charge is 0.326 e. The molecule has 0 bridgehead atoms. The van der Waals surface area contributed by atoms with Crippen molar-refractivity contribution in [1.82, 2.24) is 15.8 Å². The minimum atomic E-state index is -0.243. The Morgan fingerprint density at radius 3 is 2.42 bits per heavy atom. The van der Waals surface area contributed by atoms with Crippen molar-refractivity contribution in [2.24, 2.45) is 0 Å². The first-order valence-electron chi connectivity index (χ1n) is 11.0. The average molecular weight is 441 g/mol. The number of carbonyl (C=O) groups is 2. The number of nitrogens with zero attached hydrogens (tertiary/aromatic N) is 1. The molecule has 0 aromatic heterocycles. The summed E-state index contributed by atoms with van der Waals surface area (Å²) in [6.07, 6.45) is 1.07. The molecular weight excluding hydrogens is 412 g/mol. The number of hydrogen-bond donors (Lipinski definition) is 3. The highest BCUT2D eigenvalue weighted by Crippen LogP contribution is 2.20. The van der Waals surface area contributed by atoms with Crippen molar-refractivity contribution in [2.75, 3.05) is 11.9 Å². The highest BCUT2D eigenvalue weighted by atomic mass is 16.2. The maximum Gasteiger partial charge on any atom is 0.269 e. The Morgan fingerprint density at radius 2 is 1.67 bits per heavy atom. The summed E-state index contributed by atoms with van der Waals surface area (Å²) < 4.78 is 0. The molecule has 3 aromatic rings. The van der Waals surface area contributed by atoms with Gasteiger partial charge in [-0.3, -0.25) is 25.3 Å². The van der Waals surface area contributed by atoms with Crippen LogP contribution in [0.3, 0.4) is 0 Å². The second-order valence-corrected chi connectivity index (χ2v) is 8.25. The van der Waals surface area contributed by atoms with Crippen LogP contribution < -0.4 is 16.2 Å². The first-order chi connectivity index (χ1) is 16.0. The molecule has 3 aromatic carbocycles. The van der Waals surface area contributed by atoms with Crippen LogP contribution in [0.2, 0.25) is 0 Å². The lowest BCUT2D eigenvalue weighted by Gasteiger charge is -2.28. The van der Waals surface area contributed by atoms with Gasteiger partial charge in [0, 0.05) is 43.4 Å². The van der Waals surface area contributed by atoms with Gasteiger partial charge in [0.05, 0.1) is 5.70 Å². The lowest BCUT2D eigenvalue weighted by molar-refractivity contribution is -0.114. The monoisotopic (exact) mass is 440 g/mol. The van der Waals surface area contributed by atoms with Crippen molar-refractivity contribution in [3.8, 4) is 0 Å². The number of hydrazine groups is 1. The number of anilines is 1. The summed E-state index contributed by atoms with van der Waals surface area (Å²) in [5, 5.41) is 2.73. The van der Waals surface area contributed by atoms with Crippen LogP contribution in [0.25, 0.3) is 5.70 Å². The molecule has 1 aliphatic rings. The molecule has 0 unspecified atom stereocenters. The zero-order chi connectivity index (χ0) is 23.2. The molecule has 1 aliphatic heterocycles. The number of hydrogen-bond acceptors (Lipinski definition) is 4. The van der Waals surface area contributed by atoms with E-state index in [1.807, 2.05) is 36.4 Å². The van der Waals surface area contributed by atoms with Gasteiger partial charge in [0.15, 0.2) is 0 Å². The molecule has 0 radical (unpaired) electrons. The molecule has 168 valence electrons. The van der Waals surface area contributed by atoms with E-state index < -0.39 is 0 Å². The van der Waals surface area contributed by atoms with Crippen LogP contribution in [-0.4, -0.2) is 23.3 Å². The Balaban J connectivity index is 1.30. The molecule has 6 heteroatoms. The molecule has 0 saturated carbocycles. The van der Waals surface area contributed by atoms with E-state index in [0.29, 0.717) is 16.9 Å². The summed E-state index contributed by atoms with van der Waals surface area (Å²) in [6, 6.07) is 23.5. The molecule has 0 spiro atoms. The summed E-state index contributed by atoms with van der Waals surface area (Å²) in [5.41, 5.74) is 12.1.